The second-order valence-electron chi connectivity index (χ2n) is 9.31. The van der Waals surface area contributed by atoms with Crippen molar-refractivity contribution in [2.45, 2.75) is 19.5 Å². The molecule has 4 aromatic rings. The highest BCUT2D eigenvalue weighted by molar-refractivity contribution is 5.97. The Kier molecular flexibility index (Phi) is 9.08. The van der Waals surface area contributed by atoms with E-state index in [4.69, 9.17) is 0 Å². The molecule has 0 aliphatic rings. The molecular formula is C32H32N4O3. The summed E-state index contributed by atoms with van der Waals surface area (Å²) >= 11 is 0. The van der Waals surface area contributed by atoms with E-state index in [9.17, 15) is 14.4 Å². The van der Waals surface area contributed by atoms with Gasteiger partial charge in [0.15, 0.2) is 0 Å². The lowest BCUT2D eigenvalue weighted by Crippen LogP contribution is -2.26. The smallest absolute Gasteiger partial charge is 0.253 e. The van der Waals surface area contributed by atoms with E-state index in [1.54, 1.807) is 54.4 Å². The summed E-state index contributed by atoms with van der Waals surface area (Å²) in [4.78, 5) is 39.6. The minimum absolute atomic E-state index is 0.0221. The Bertz CT molecular complexity index is 1410. The van der Waals surface area contributed by atoms with Crippen LogP contribution in [-0.4, -0.2) is 36.2 Å². The Labute approximate surface area is 228 Å². The fraction of sp³-hybridized carbons (Fsp3) is 0.156. The van der Waals surface area contributed by atoms with E-state index < -0.39 is 0 Å². The first-order valence-electron chi connectivity index (χ1n) is 12.8. The molecule has 0 saturated carbocycles. The molecule has 0 fully saturated rings. The molecule has 0 aliphatic carbocycles. The largest absolute Gasteiger partial charge is 0.376 e. The van der Waals surface area contributed by atoms with Crippen molar-refractivity contribution in [3.63, 3.8) is 0 Å². The quantitative estimate of drug-likeness (QED) is 0.258. The predicted octanol–water partition coefficient (Wildman–Crippen LogP) is 5.50. The normalized spacial score (nSPS) is 11.2. The number of anilines is 2. The molecule has 0 bridgehead atoms. The number of nitrogens with one attached hydrogen (secondary N) is 3. The average molecular weight is 521 g/mol. The molecule has 3 amide bonds. The first kappa shape index (κ1) is 27.1. The molecular weight excluding hydrogens is 488 g/mol. The van der Waals surface area contributed by atoms with Gasteiger partial charge in [-0.1, -0.05) is 66.7 Å². The number of carbonyl (C=O) groups excluding carboxylic acids is 3. The van der Waals surface area contributed by atoms with Gasteiger partial charge in [0.25, 0.3) is 11.8 Å². The third-order valence-electron chi connectivity index (χ3n) is 6.25. The van der Waals surface area contributed by atoms with Crippen molar-refractivity contribution in [2.24, 2.45) is 0 Å². The molecule has 0 saturated heterocycles. The lowest BCUT2D eigenvalue weighted by atomic mass is 10.1. The Morgan fingerprint density at radius 1 is 0.744 bits per heavy atom. The van der Waals surface area contributed by atoms with Gasteiger partial charge in [0.2, 0.25) is 5.91 Å². The molecule has 3 N–H and O–H groups in total. The highest BCUT2D eigenvalue weighted by atomic mass is 16.2. The van der Waals surface area contributed by atoms with Gasteiger partial charge in [-0.3, -0.25) is 14.4 Å². The van der Waals surface area contributed by atoms with E-state index in [0.717, 1.165) is 11.1 Å². The summed E-state index contributed by atoms with van der Waals surface area (Å²) in [6.07, 6.45) is 0. The van der Waals surface area contributed by atoms with Gasteiger partial charge in [0.05, 0.1) is 12.6 Å². The molecule has 1 atom stereocenters. The van der Waals surface area contributed by atoms with Crippen molar-refractivity contribution in [1.29, 1.82) is 0 Å². The zero-order valence-corrected chi connectivity index (χ0v) is 22.1. The molecule has 7 heteroatoms. The second kappa shape index (κ2) is 13.1. The van der Waals surface area contributed by atoms with Gasteiger partial charge in [-0.05, 0) is 60.5 Å². The van der Waals surface area contributed by atoms with E-state index >= 15 is 0 Å². The van der Waals surface area contributed by atoms with Gasteiger partial charge in [-0.2, -0.15) is 0 Å². The van der Waals surface area contributed by atoms with E-state index in [-0.39, 0.29) is 30.3 Å². The molecule has 0 aromatic heterocycles. The van der Waals surface area contributed by atoms with E-state index in [0.29, 0.717) is 29.0 Å². The van der Waals surface area contributed by atoms with Crippen molar-refractivity contribution in [1.82, 2.24) is 10.2 Å². The van der Waals surface area contributed by atoms with Crippen LogP contribution in [0, 0.1) is 0 Å². The summed E-state index contributed by atoms with van der Waals surface area (Å²) < 4.78 is 0. The zero-order chi connectivity index (χ0) is 27.6. The highest BCUT2D eigenvalue weighted by Crippen LogP contribution is 2.16. The standard InChI is InChI=1S/C32H32N4O3/c1-23(25-12-7-4-8-13-25)34-31(38)26-16-18-28(19-17-26)35-30(37)21-33-29-15-9-14-27(20-29)32(39)36(2)22-24-10-5-3-6-11-24/h3-20,23,33H,21-22H2,1-2H3,(H,34,38)(H,35,37). The Morgan fingerprint density at radius 2 is 1.41 bits per heavy atom. The van der Waals surface area contributed by atoms with Gasteiger partial charge in [0, 0.05) is 36.1 Å². The summed E-state index contributed by atoms with van der Waals surface area (Å²) in [6, 6.07) is 33.3. The van der Waals surface area contributed by atoms with Crippen LogP contribution in [-0.2, 0) is 11.3 Å². The minimum atomic E-state index is -0.247. The zero-order valence-electron chi connectivity index (χ0n) is 22.1. The number of nitrogens with zero attached hydrogens (tertiary/aromatic N) is 1. The van der Waals surface area contributed by atoms with Crippen LogP contribution in [0.2, 0.25) is 0 Å². The molecule has 0 radical (unpaired) electrons. The molecule has 198 valence electrons. The fourth-order valence-electron chi connectivity index (χ4n) is 4.11. The van der Waals surface area contributed by atoms with Crippen LogP contribution in [0.5, 0.6) is 0 Å². The maximum atomic E-state index is 12.9. The van der Waals surface area contributed by atoms with Gasteiger partial charge in [-0.15, -0.1) is 0 Å². The first-order valence-corrected chi connectivity index (χ1v) is 12.8. The van der Waals surface area contributed by atoms with Crippen LogP contribution >= 0.6 is 0 Å². The molecule has 0 heterocycles. The first-order chi connectivity index (χ1) is 18.9. The van der Waals surface area contributed by atoms with E-state index in [2.05, 4.69) is 16.0 Å². The molecule has 4 rings (SSSR count). The maximum absolute atomic E-state index is 12.9. The third-order valence-corrected chi connectivity index (χ3v) is 6.25. The molecule has 39 heavy (non-hydrogen) atoms. The van der Waals surface area contributed by atoms with Crippen molar-refractivity contribution < 1.29 is 14.4 Å². The Morgan fingerprint density at radius 3 is 2.10 bits per heavy atom. The average Bonchev–Trinajstić information content (AvgIpc) is 2.97. The maximum Gasteiger partial charge on any atom is 0.253 e. The molecule has 1 unspecified atom stereocenters. The SMILES string of the molecule is CC(NC(=O)c1ccc(NC(=O)CNc2cccc(C(=O)N(C)Cc3ccccc3)c2)cc1)c1ccccc1. The summed E-state index contributed by atoms with van der Waals surface area (Å²) in [5.41, 5.74) is 4.37. The highest BCUT2D eigenvalue weighted by Gasteiger charge is 2.14. The molecule has 0 aliphatic heterocycles. The number of benzene rings is 4. The van der Waals surface area contributed by atoms with Crippen molar-refractivity contribution >= 4 is 29.1 Å². The van der Waals surface area contributed by atoms with Gasteiger partial charge < -0.3 is 20.9 Å². The van der Waals surface area contributed by atoms with Crippen LogP contribution in [0.1, 0.15) is 44.8 Å². The number of hydrogen-bond acceptors (Lipinski definition) is 4. The Hall–Kier alpha value is -4.91. The summed E-state index contributed by atoms with van der Waals surface area (Å²) in [7, 11) is 1.77. The molecule has 7 nitrogen and oxygen atoms in total. The number of hydrogen-bond donors (Lipinski definition) is 3. The van der Waals surface area contributed by atoms with Crippen molar-refractivity contribution in [2.75, 3.05) is 24.2 Å². The van der Waals surface area contributed by atoms with E-state index in [1.807, 2.05) is 73.7 Å². The van der Waals surface area contributed by atoms with E-state index in [1.165, 1.54) is 0 Å². The number of carbonyl (C=O) groups is 3. The fourth-order valence-corrected chi connectivity index (χ4v) is 4.11. The predicted molar refractivity (Wildman–Crippen MR) is 155 cm³/mol. The molecule has 4 aromatic carbocycles. The van der Waals surface area contributed by atoms with Crippen LogP contribution in [0.3, 0.4) is 0 Å². The van der Waals surface area contributed by atoms with Gasteiger partial charge in [0.1, 0.15) is 0 Å². The van der Waals surface area contributed by atoms with Crippen LogP contribution in [0.25, 0.3) is 0 Å². The number of amides is 3. The van der Waals surface area contributed by atoms with Gasteiger partial charge in [-0.25, -0.2) is 0 Å². The number of rotatable bonds is 10. The monoisotopic (exact) mass is 520 g/mol. The van der Waals surface area contributed by atoms with Crippen LogP contribution in [0.15, 0.2) is 109 Å². The van der Waals surface area contributed by atoms with Crippen LogP contribution < -0.4 is 16.0 Å². The van der Waals surface area contributed by atoms with Crippen LogP contribution in [0.4, 0.5) is 11.4 Å². The summed E-state index contributed by atoms with van der Waals surface area (Å²) in [6.45, 7) is 2.46. The lowest BCUT2D eigenvalue weighted by Gasteiger charge is -2.18. The van der Waals surface area contributed by atoms with Crippen molar-refractivity contribution in [3.05, 3.63) is 131 Å². The summed E-state index contributed by atoms with van der Waals surface area (Å²) in [5, 5.41) is 8.87. The third kappa shape index (κ3) is 7.79. The lowest BCUT2D eigenvalue weighted by molar-refractivity contribution is -0.114. The van der Waals surface area contributed by atoms with Crippen molar-refractivity contribution in [3.8, 4) is 0 Å². The second-order valence-corrected chi connectivity index (χ2v) is 9.31. The Balaban J connectivity index is 1.26. The summed E-state index contributed by atoms with van der Waals surface area (Å²) in [5.74, 6) is -0.535. The van der Waals surface area contributed by atoms with Gasteiger partial charge >= 0.3 is 0 Å². The topological polar surface area (TPSA) is 90.5 Å². The minimum Gasteiger partial charge on any atom is -0.376 e. The molecule has 0 spiro atoms.